The fourth-order valence-corrected chi connectivity index (χ4v) is 5.11. The number of hydrogen-bond donors (Lipinski definition) is 1. The standard InChI is InChI=1S/C21H18Cl2N2O3S2/c1-12-18(10-13-9-14(22)7-8-16(13)23)30-21(24-12)29-11-19(26)25-17-6-4-3-5-15(17)20(27)28-2/h3-9H,10-11H2,1-2H3,(H,25,26). The van der Waals surface area contributed by atoms with Crippen LogP contribution in [-0.4, -0.2) is 29.7 Å². The Labute approximate surface area is 192 Å². The lowest BCUT2D eigenvalue weighted by Gasteiger charge is -2.08. The smallest absolute Gasteiger partial charge is 0.339 e. The minimum Gasteiger partial charge on any atom is -0.465 e. The van der Waals surface area contributed by atoms with Gasteiger partial charge in [0.25, 0.3) is 0 Å². The molecule has 0 radical (unpaired) electrons. The molecule has 1 amide bonds. The number of para-hydroxylation sites is 1. The summed E-state index contributed by atoms with van der Waals surface area (Å²) < 4.78 is 5.54. The number of thiazole rings is 1. The number of hydrogen-bond acceptors (Lipinski definition) is 6. The monoisotopic (exact) mass is 480 g/mol. The zero-order valence-corrected chi connectivity index (χ0v) is 19.3. The number of benzene rings is 2. The molecule has 1 aromatic heterocycles. The Kier molecular flexibility index (Phi) is 7.77. The summed E-state index contributed by atoms with van der Waals surface area (Å²) in [5.41, 5.74) is 2.56. The van der Waals surface area contributed by atoms with Crippen molar-refractivity contribution in [3.05, 3.63) is 74.2 Å². The van der Waals surface area contributed by atoms with E-state index in [1.165, 1.54) is 30.2 Å². The summed E-state index contributed by atoms with van der Waals surface area (Å²) in [4.78, 5) is 29.8. The molecular weight excluding hydrogens is 463 g/mol. The Bertz CT molecular complexity index is 1090. The summed E-state index contributed by atoms with van der Waals surface area (Å²) in [5.74, 6) is -0.568. The molecule has 1 N–H and O–H groups in total. The van der Waals surface area contributed by atoms with Crippen LogP contribution in [0.1, 0.15) is 26.5 Å². The molecule has 2 aromatic carbocycles. The molecule has 9 heteroatoms. The number of anilines is 1. The van der Waals surface area contributed by atoms with Crippen molar-refractivity contribution in [2.45, 2.75) is 17.7 Å². The first kappa shape index (κ1) is 22.6. The average molecular weight is 481 g/mol. The van der Waals surface area contributed by atoms with Crippen molar-refractivity contribution in [2.75, 3.05) is 18.2 Å². The molecule has 156 valence electrons. The number of amides is 1. The highest BCUT2D eigenvalue weighted by molar-refractivity contribution is 8.01. The molecule has 0 atom stereocenters. The van der Waals surface area contributed by atoms with Crippen LogP contribution in [0.3, 0.4) is 0 Å². The van der Waals surface area contributed by atoms with Gasteiger partial charge in [0, 0.05) is 21.3 Å². The summed E-state index contributed by atoms with van der Waals surface area (Å²) in [6.07, 6.45) is 0.627. The van der Waals surface area contributed by atoms with Gasteiger partial charge in [0.1, 0.15) is 0 Å². The molecule has 0 aliphatic rings. The maximum atomic E-state index is 12.4. The van der Waals surface area contributed by atoms with Gasteiger partial charge in [0.05, 0.1) is 29.8 Å². The molecule has 0 saturated heterocycles. The van der Waals surface area contributed by atoms with E-state index in [1.54, 1.807) is 36.4 Å². The van der Waals surface area contributed by atoms with E-state index in [0.717, 1.165) is 20.5 Å². The van der Waals surface area contributed by atoms with Crippen molar-refractivity contribution in [1.82, 2.24) is 4.98 Å². The molecule has 0 bridgehead atoms. The number of methoxy groups -OCH3 is 1. The largest absolute Gasteiger partial charge is 0.465 e. The van der Waals surface area contributed by atoms with Crippen molar-refractivity contribution < 1.29 is 14.3 Å². The number of thioether (sulfide) groups is 1. The first-order valence-corrected chi connectivity index (χ1v) is 11.4. The van der Waals surface area contributed by atoms with Crippen LogP contribution < -0.4 is 5.32 Å². The number of nitrogens with zero attached hydrogens (tertiary/aromatic N) is 1. The Morgan fingerprint density at radius 2 is 1.97 bits per heavy atom. The number of rotatable bonds is 7. The van der Waals surface area contributed by atoms with Gasteiger partial charge >= 0.3 is 5.97 Å². The van der Waals surface area contributed by atoms with Crippen molar-refractivity contribution in [3.8, 4) is 0 Å². The number of nitrogens with one attached hydrogen (secondary N) is 1. The van der Waals surface area contributed by atoms with Crippen LogP contribution in [0.15, 0.2) is 46.8 Å². The number of esters is 1. The maximum Gasteiger partial charge on any atom is 0.339 e. The molecule has 0 unspecified atom stereocenters. The number of halogens is 2. The zero-order valence-electron chi connectivity index (χ0n) is 16.2. The van der Waals surface area contributed by atoms with Crippen LogP contribution in [0.25, 0.3) is 0 Å². The van der Waals surface area contributed by atoms with Gasteiger partial charge in [0.15, 0.2) is 4.34 Å². The van der Waals surface area contributed by atoms with E-state index in [9.17, 15) is 9.59 Å². The van der Waals surface area contributed by atoms with Crippen LogP contribution in [0, 0.1) is 6.92 Å². The predicted molar refractivity (Wildman–Crippen MR) is 123 cm³/mol. The number of carbonyl (C=O) groups excluding carboxylic acids is 2. The van der Waals surface area contributed by atoms with Gasteiger partial charge in [-0.2, -0.15) is 0 Å². The molecule has 0 saturated carbocycles. The summed E-state index contributed by atoms with van der Waals surface area (Å²) >= 11 is 15.2. The van der Waals surface area contributed by atoms with E-state index in [-0.39, 0.29) is 11.7 Å². The molecule has 0 aliphatic heterocycles. The van der Waals surface area contributed by atoms with E-state index in [1.807, 2.05) is 13.0 Å². The SMILES string of the molecule is COC(=O)c1ccccc1NC(=O)CSc1nc(C)c(Cc2cc(Cl)ccc2Cl)s1. The van der Waals surface area contributed by atoms with Crippen LogP contribution >= 0.6 is 46.3 Å². The molecule has 0 spiro atoms. The summed E-state index contributed by atoms with van der Waals surface area (Å²) in [6.45, 7) is 1.93. The second kappa shape index (κ2) is 10.3. The van der Waals surface area contributed by atoms with Crippen LogP contribution in [0.2, 0.25) is 10.0 Å². The number of aromatic nitrogens is 1. The molecule has 1 heterocycles. The molecule has 3 rings (SSSR count). The van der Waals surface area contributed by atoms with Gasteiger partial charge in [-0.1, -0.05) is 47.1 Å². The third kappa shape index (κ3) is 5.76. The summed E-state index contributed by atoms with van der Waals surface area (Å²) in [7, 11) is 1.30. The highest BCUT2D eigenvalue weighted by Gasteiger charge is 2.15. The predicted octanol–water partition coefficient (Wildman–Crippen LogP) is 5.87. The summed E-state index contributed by atoms with van der Waals surface area (Å²) in [6, 6.07) is 12.1. The van der Waals surface area contributed by atoms with Crippen LogP contribution in [0.5, 0.6) is 0 Å². The highest BCUT2D eigenvalue weighted by atomic mass is 35.5. The molecule has 0 fully saturated rings. The van der Waals surface area contributed by atoms with E-state index >= 15 is 0 Å². The third-order valence-electron chi connectivity index (χ3n) is 4.17. The first-order valence-electron chi connectivity index (χ1n) is 8.87. The minimum atomic E-state index is -0.501. The van der Waals surface area contributed by atoms with Gasteiger partial charge in [0.2, 0.25) is 5.91 Å². The van der Waals surface area contributed by atoms with Gasteiger partial charge in [-0.3, -0.25) is 4.79 Å². The topological polar surface area (TPSA) is 68.3 Å². The number of aryl methyl sites for hydroxylation is 1. The Hall–Kier alpha value is -2.06. The van der Waals surface area contributed by atoms with Crippen molar-refractivity contribution in [1.29, 1.82) is 0 Å². The molecule has 30 heavy (non-hydrogen) atoms. The lowest BCUT2D eigenvalue weighted by Crippen LogP contribution is -2.17. The zero-order chi connectivity index (χ0) is 21.7. The first-order chi connectivity index (χ1) is 14.4. The van der Waals surface area contributed by atoms with Gasteiger partial charge in [-0.05, 0) is 42.8 Å². The second-order valence-corrected chi connectivity index (χ2v) is 9.42. The summed E-state index contributed by atoms with van der Waals surface area (Å²) in [5, 5.41) is 4.05. The minimum absolute atomic E-state index is 0.166. The Morgan fingerprint density at radius 1 is 1.20 bits per heavy atom. The molecule has 5 nitrogen and oxygen atoms in total. The fraction of sp³-hybridized carbons (Fsp3) is 0.190. The van der Waals surface area contributed by atoms with E-state index in [0.29, 0.717) is 27.7 Å². The normalized spacial score (nSPS) is 10.7. The van der Waals surface area contributed by atoms with Gasteiger partial charge in [-0.15, -0.1) is 11.3 Å². The van der Waals surface area contributed by atoms with Gasteiger partial charge in [-0.25, -0.2) is 9.78 Å². The fourth-order valence-electron chi connectivity index (χ4n) is 2.67. The molecule has 0 aliphatic carbocycles. The lowest BCUT2D eigenvalue weighted by atomic mass is 10.1. The van der Waals surface area contributed by atoms with Gasteiger partial charge < -0.3 is 10.1 Å². The van der Waals surface area contributed by atoms with E-state index in [4.69, 9.17) is 27.9 Å². The van der Waals surface area contributed by atoms with E-state index in [2.05, 4.69) is 10.3 Å². The van der Waals surface area contributed by atoms with Crippen LogP contribution in [0.4, 0.5) is 5.69 Å². The van der Waals surface area contributed by atoms with Crippen LogP contribution in [-0.2, 0) is 16.0 Å². The lowest BCUT2D eigenvalue weighted by molar-refractivity contribution is -0.113. The Balaban J connectivity index is 1.63. The highest BCUT2D eigenvalue weighted by Crippen LogP contribution is 2.31. The number of ether oxygens (including phenoxy) is 1. The van der Waals surface area contributed by atoms with E-state index < -0.39 is 5.97 Å². The van der Waals surface area contributed by atoms with Crippen molar-refractivity contribution in [2.24, 2.45) is 0 Å². The third-order valence-corrected chi connectivity index (χ3v) is 7.07. The van der Waals surface area contributed by atoms with Crippen molar-refractivity contribution in [3.63, 3.8) is 0 Å². The maximum absolute atomic E-state index is 12.4. The molecular formula is C21H18Cl2N2O3S2. The van der Waals surface area contributed by atoms with Crippen molar-refractivity contribution >= 4 is 63.9 Å². The number of carbonyl (C=O) groups is 2. The second-order valence-electron chi connectivity index (χ2n) is 6.27. The molecule has 3 aromatic rings. The Morgan fingerprint density at radius 3 is 2.73 bits per heavy atom. The quantitative estimate of drug-likeness (QED) is 0.338. The average Bonchev–Trinajstić information content (AvgIpc) is 3.08.